The van der Waals surface area contributed by atoms with Crippen molar-refractivity contribution in [1.29, 1.82) is 0 Å². The van der Waals surface area contributed by atoms with E-state index in [-0.39, 0.29) is 12.5 Å². The Hall–Kier alpha value is -2.20. The minimum absolute atomic E-state index is 0.0618. The molecule has 4 nitrogen and oxygen atoms in total. The van der Waals surface area contributed by atoms with Crippen LogP contribution in [0.25, 0.3) is 0 Å². The number of benzene rings is 2. The monoisotopic (exact) mass is 361 g/mol. The van der Waals surface area contributed by atoms with E-state index in [2.05, 4.69) is 19.2 Å². The minimum atomic E-state index is -0.221. The van der Waals surface area contributed by atoms with Gasteiger partial charge in [0.15, 0.2) is 6.61 Å². The van der Waals surface area contributed by atoms with Gasteiger partial charge in [-0.2, -0.15) is 0 Å². The van der Waals surface area contributed by atoms with Gasteiger partial charge in [0.05, 0.1) is 6.61 Å². The number of anilines is 1. The second-order valence-corrected chi connectivity index (χ2v) is 6.71. The highest BCUT2D eigenvalue weighted by atomic mass is 35.5. The molecule has 1 N–H and O–H groups in total. The van der Waals surface area contributed by atoms with Crippen molar-refractivity contribution in [3.8, 4) is 11.5 Å². The van der Waals surface area contributed by atoms with Crippen molar-refractivity contribution in [2.24, 2.45) is 5.92 Å². The molecule has 0 saturated carbocycles. The zero-order chi connectivity index (χ0) is 18.2. The van der Waals surface area contributed by atoms with Crippen LogP contribution in [0.5, 0.6) is 11.5 Å². The molecule has 25 heavy (non-hydrogen) atoms. The molecule has 134 valence electrons. The maximum Gasteiger partial charge on any atom is 0.262 e. The summed E-state index contributed by atoms with van der Waals surface area (Å²) in [5.74, 6) is 1.81. The van der Waals surface area contributed by atoms with Gasteiger partial charge in [0, 0.05) is 10.7 Å². The molecule has 0 atom stereocenters. The molecular weight excluding hydrogens is 338 g/mol. The first-order valence-corrected chi connectivity index (χ1v) is 8.73. The van der Waals surface area contributed by atoms with Crippen LogP contribution >= 0.6 is 11.6 Å². The van der Waals surface area contributed by atoms with Crippen LogP contribution in [0.4, 0.5) is 5.69 Å². The highest BCUT2D eigenvalue weighted by Gasteiger charge is 2.05. The Bertz CT molecular complexity index is 699. The van der Waals surface area contributed by atoms with Crippen LogP contribution in [0.3, 0.4) is 0 Å². The summed E-state index contributed by atoms with van der Waals surface area (Å²) in [6, 6.07) is 12.6. The third-order valence-electron chi connectivity index (χ3n) is 3.60. The van der Waals surface area contributed by atoms with Crippen molar-refractivity contribution < 1.29 is 14.3 Å². The van der Waals surface area contributed by atoms with Crippen molar-refractivity contribution >= 4 is 23.2 Å². The van der Waals surface area contributed by atoms with Crippen molar-refractivity contribution in [3.63, 3.8) is 0 Å². The normalized spacial score (nSPS) is 10.6. The summed E-state index contributed by atoms with van der Waals surface area (Å²) in [7, 11) is 0. The Morgan fingerprint density at radius 3 is 2.40 bits per heavy atom. The number of hydrogen-bond acceptors (Lipinski definition) is 3. The average Bonchev–Trinajstić information content (AvgIpc) is 2.57. The van der Waals surface area contributed by atoms with E-state index in [4.69, 9.17) is 21.1 Å². The lowest BCUT2D eigenvalue weighted by molar-refractivity contribution is -0.118. The molecule has 2 aromatic carbocycles. The Labute approximate surface area is 154 Å². The van der Waals surface area contributed by atoms with Crippen LogP contribution in [-0.2, 0) is 4.79 Å². The van der Waals surface area contributed by atoms with Gasteiger partial charge in [-0.05, 0) is 67.3 Å². The summed E-state index contributed by atoms with van der Waals surface area (Å²) in [5, 5.41) is 3.47. The first-order valence-electron chi connectivity index (χ1n) is 8.35. The van der Waals surface area contributed by atoms with E-state index in [9.17, 15) is 4.79 Å². The molecule has 5 heteroatoms. The summed E-state index contributed by atoms with van der Waals surface area (Å²) in [5.41, 5.74) is 1.62. The van der Waals surface area contributed by atoms with E-state index in [1.54, 1.807) is 18.2 Å². The highest BCUT2D eigenvalue weighted by Crippen LogP contribution is 2.21. The maximum atomic E-state index is 12.0. The van der Waals surface area contributed by atoms with E-state index in [0.717, 1.165) is 17.7 Å². The Morgan fingerprint density at radius 1 is 1.08 bits per heavy atom. The van der Waals surface area contributed by atoms with Crippen molar-refractivity contribution in [1.82, 2.24) is 0 Å². The van der Waals surface area contributed by atoms with E-state index in [0.29, 0.717) is 29.0 Å². The number of ether oxygens (including phenoxy) is 2. The van der Waals surface area contributed by atoms with Crippen molar-refractivity contribution in [2.75, 3.05) is 18.5 Å². The van der Waals surface area contributed by atoms with Crippen molar-refractivity contribution in [3.05, 3.63) is 53.1 Å². The quantitative estimate of drug-likeness (QED) is 0.712. The molecule has 0 aliphatic heterocycles. The van der Waals surface area contributed by atoms with Crippen LogP contribution in [0.15, 0.2) is 42.5 Å². The molecule has 0 aliphatic carbocycles. The van der Waals surface area contributed by atoms with Crippen molar-refractivity contribution in [2.45, 2.75) is 27.2 Å². The number of carbonyl (C=O) groups excluding carboxylic acids is 1. The highest BCUT2D eigenvalue weighted by molar-refractivity contribution is 6.31. The SMILES string of the molecule is Cc1cc(OCC(=O)Nc2ccc(OCCC(C)C)cc2)ccc1Cl. The largest absolute Gasteiger partial charge is 0.494 e. The second-order valence-electron chi connectivity index (χ2n) is 6.30. The van der Waals surface area contributed by atoms with Crippen LogP contribution in [0.2, 0.25) is 5.02 Å². The molecule has 1 amide bonds. The summed E-state index contributed by atoms with van der Waals surface area (Å²) < 4.78 is 11.1. The number of hydrogen-bond donors (Lipinski definition) is 1. The molecular formula is C20H24ClNO3. The molecule has 0 spiro atoms. The van der Waals surface area contributed by atoms with Crippen LogP contribution < -0.4 is 14.8 Å². The molecule has 0 fully saturated rings. The van der Waals surface area contributed by atoms with Gasteiger partial charge < -0.3 is 14.8 Å². The zero-order valence-electron chi connectivity index (χ0n) is 14.8. The molecule has 0 heterocycles. The Kier molecular flexibility index (Phi) is 7.14. The third kappa shape index (κ3) is 6.67. The lowest BCUT2D eigenvalue weighted by Crippen LogP contribution is -2.20. The minimum Gasteiger partial charge on any atom is -0.494 e. The van der Waals surface area contributed by atoms with Gasteiger partial charge in [-0.3, -0.25) is 4.79 Å². The summed E-state index contributed by atoms with van der Waals surface area (Å²) >= 11 is 5.97. The Morgan fingerprint density at radius 2 is 1.76 bits per heavy atom. The number of nitrogens with one attached hydrogen (secondary N) is 1. The topological polar surface area (TPSA) is 47.6 Å². The maximum absolute atomic E-state index is 12.0. The lowest BCUT2D eigenvalue weighted by Gasteiger charge is -2.10. The molecule has 2 aromatic rings. The molecule has 2 rings (SSSR count). The van der Waals surface area contributed by atoms with E-state index in [1.807, 2.05) is 31.2 Å². The van der Waals surface area contributed by atoms with Gasteiger partial charge in [-0.15, -0.1) is 0 Å². The third-order valence-corrected chi connectivity index (χ3v) is 4.03. The molecule has 0 aromatic heterocycles. The Balaban J connectivity index is 1.78. The van der Waals surface area contributed by atoms with Gasteiger partial charge in [0.1, 0.15) is 11.5 Å². The van der Waals surface area contributed by atoms with Gasteiger partial charge in [-0.25, -0.2) is 0 Å². The smallest absolute Gasteiger partial charge is 0.262 e. The molecule has 0 unspecified atom stereocenters. The number of carbonyl (C=O) groups is 1. The number of halogens is 1. The summed E-state index contributed by atoms with van der Waals surface area (Å²) in [4.78, 5) is 12.0. The molecule has 0 bridgehead atoms. The first kappa shape index (κ1) is 19.1. The number of rotatable bonds is 8. The molecule has 0 saturated heterocycles. The van der Waals surface area contributed by atoms with Gasteiger partial charge in [0.25, 0.3) is 5.91 Å². The zero-order valence-corrected chi connectivity index (χ0v) is 15.6. The fourth-order valence-corrected chi connectivity index (χ4v) is 2.22. The number of aryl methyl sites for hydroxylation is 1. The van der Waals surface area contributed by atoms with Crippen LogP contribution in [-0.4, -0.2) is 19.1 Å². The van der Waals surface area contributed by atoms with Gasteiger partial charge in [-0.1, -0.05) is 25.4 Å². The summed E-state index contributed by atoms with van der Waals surface area (Å²) in [6.07, 6.45) is 1.01. The van der Waals surface area contributed by atoms with Gasteiger partial charge in [0.2, 0.25) is 0 Å². The molecule has 0 radical (unpaired) electrons. The fraction of sp³-hybridized carbons (Fsp3) is 0.350. The van der Waals surface area contributed by atoms with Crippen LogP contribution in [0, 0.1) is 12.8 Å². The van der Waals surface area contributed by atoms with E-state index in [1.165, 1.54) is 0 Å². The predicted molar refractivity (Wildman–Crippen MR) is 102 cm³/mol. The van der Waals surface area contributed by atoms with E-state index >= 15 is 0 Å². The first-order chi connectivity index (χ1) is 11.9. The second kappa shape index (κ2) is 9.33. The average molecular weight is 362 g/mol. The number of amides is 1. The molecule has 0 aliphatic rings. The van der Waals surface area contributed by atoms with E-state index < -0.39 is 0 Å². The van der Waals surface area contributed by atoms with Crippen LogP contribution in [0.1, 0.15) is 25.8 Å². The summed E-state index contributed by atoms with van der Waals surface area (Å²) in [6.45, 7) is 6.84. The standard InChI is InChI=1S/C20H24ClNO3/c1-14(2)10-11-24-17-6-4-16(5-7-17)22-20(23)13-25-18-8-9-19(21)15(3)12-18/h4-9,12,14H,10-11,13H2,1-3H3,(H,22,23). The fourth-order valence-electron chi connectivity index (χ4n) is 2.10. The predicted octanol–water partition coefficient (Wildman–Crippen LogP) is 5.09. The lowest BCUT2D eigenvalue weighted by atomic mass is 10.1. The van der Waals surface area contributed by atoms with Gasteiger partial charge >= 0.3 is 0 Å².